The Hall–Kier alpha value is -0.370. The van der Waals surface area contributed by atoms with Gasteiger partial charge in [0, 0.05) is 13.0 Å². The number of hydrogen-bond acceptors (Lipinski definition) is 2. The summed E-state index contributed by atoms with van der Waals surface area (Å²) in [6, 6.07) is 0. The van der Waals surface area contributed by atoms with Crippen LogP contribution in [-0.4, -0.2) is 19.5 Å². The zero-order chi connectivity index (χ0) is 11.5. The molecule has 2 saturated carbocycles. The van der Waals surface area contributed by atoms with Gasteiger partial charge < -0.3 is 9.53 Å². The summed E-state index contributed by atoms with van der Waals surface area (Å²) in [6.45, 7) is 2.12. The summed E-state index contributed by atoms with van der Waals surface area (Å²) in [7, 11) is 1.76. The van der Waals surface area contributed by atoms with Crippen molar-refractivity contribution in [2.45, 2.75) is 51.6 Å². The number of carbonyl (C=O) groups is 1. The zero-order valence-electron chi connectivity index (χ0n) is 10.5. The molecule has 0 aromatic rings. The number of methoxy groups -OCH3 is 1. The third-order valence-corrected chi connectivity index (χ3v) is 4.92. The molecule has 0 aliphatic heterocycles. The standard InChI is InChI=1S/C14H24O2/c1-10(16-2)14-8-12-6-4-3-5-11(12)7-13(14)9-15/h9-14H,3-8H2,1-2H3. The van der Waals surface area contributed by atoms with Gasteiger partial charge in [-0.05, 0) is 37.5 Å². The summed E-state index contributed by atoms with van der Waals surface area (Å²) in [5, 5.41) is 0. The number of fused-ring (bicyclic) bond motifs is 1. The lowest BCUT2D eigenvalue weighted by Crippen LogP contribution is -2.39. The third-order valence-electron chi connectivity index (χ3n) is 4.92. The Morgan fingerprint density at radius 2 is 1.81 bits per heavy atom. The first kappa shape index (κ1) is 12.1. The second-order valence-corrected chi connectivity index (χ2v) is 5.68. The van der Waals surface area contributed by atoms with E-state index in [4.69, 9.17) is 4.74 Å². The Morgan fingerprint density at radius 1 is 1.19 bits per heavy atom. The van der Waals surface area contributed by atoms with Gasteiger partial charge in [0.25, 0.3) is 0 Å². The molecule has 92 valence electrons. The van der Waals surface area contributed by atoms with E-state index in [0.717, 1.165) is 18.3 Å². The summed E-state index contributed by atoms with van der Waals surface area (Å²) in [6.07, 6.45) is 9.24. The molecular formula is C14H24O2. The SMILES string of the molecule is COC(C)C1CC2CCCCC2CC1C=O. The summed E-state index contributed by atoms with van der Waals surface area (Å²) in [4.78, 5) is 11.2. The number of ether oxygens (including phenoxy) is 1. The van der Waals surface area contributed by atoms with Gasteiger partial charge in [0.2, 0.25) is 0 Å². The molecule has 2 rings (SSSR count). The molecule has 0 saturated heterocycles. The van der Waals surface area contributed by atoms with Crippen molar-refractivity contribution < 1.29 is 9.53 Å². The molecule has 0 aromatic carbocycles. The first-order valence-electron chi connectivity index (χ1n) is 6.74. The molecule has 0 aromatic heterocycles. The van der Waals surface area contributed by atoms with E-state index >= 15 is 0 Å². The van der Waals surface area contributed by atoms with E-state index in [9.17, 15) is 4.79 Å². The minimum Gasteiger partial charge on any atom is -0.381 e. The molecule has 2 aliphatic rings. The van der Waals surface area contributed by atoms with E-state index < -0.39 is 0 Å². The molecule has 0 amide bonds. The minimum absolute atomic E-state index is 0.234. The molecule has 2 heteroatoms. The number of aldehydes is 1. The van der Waals surface area contributed by atoms with E-state index in [1.165, 1.54) is 38.4 Å². The van der Waals surface area contributed by atoms with Crippen LogP contribution in [0.1, 0.15) is 45.4 Å². The monoisotopic (exact) mass is 224 g/mol. The number of hydrogen-bond donors (Lipinski definition) is 0. The van der Waals surface area contributed by atoms with Crippen molar-refractivity contribution in [3.8, 4) is 0 Å². The summed E-state index contributed by atoms with van der Waals surface area (Å²) >= 11 is 0. The molecule has 0 spiro atoms. The quantitative estimate of drug-likeness (QED) is 0.689. The van der Waals surface area contributed by atoms with Crippen LogP contribution < -0.4 is 0 Å². The van der Waals surface area contributed by atoms with Gasteiger partial charge in [-0.2, -0.15) is 0 Å². The highest BCUT2D eigenvalue weighted by Gasteiger charge is 2.40. The highest BCUT2D eigenvalue weighted by atomic mass is 16.5. The normalized spacial score (nSPS) is 41.1. The fourth-order valence-electron chi connectivity index (χ4n) is 3.82. The topological polar surface area (TPSA) is 26.3 Å². The van der Waals surface area contributed by atoms with Gasteiger partial charge in [-0.15, -0.1) is 0 Å². The van der Waals surface area contributed by atoms with Crippen LogP contribution in [0.2, 0.25) is 0 Å². The van der Waals surface area contributed by atoms with Crippen molar-refractivity contribution in [2.24, 2.45) is 23.7 Å². The van der Waals surface area contributed by atoms with Crippen molar-refractivity contribution in [1.82, 2.24) is 0 Å². The van der Waals surface area contributed by atoms with Crippen LogP contribution in [0, 0.1) is 23.7 Å². The van der Waals surface area contributed by atoms with E-state index in [2.05, 4.69) is 6.92 Å². The van der Waals surface area contributed by atoms with Crippen molar-refractivity contribution in [2.75, 3.05) is 7.11 Å². The summed E-state index contributed by atoms with van der Waals surface area (Å²) in [5.41, 5.74) is 0. The van der Waals surface area contributed by atoms with E-state index in [1.807, 2.05) is 0 Å². The molecular weight excluding hydrogens is 200 g/mol. The molecule has 0 heterocycles. The van der Waals surface area contributed by atoms with Gasteiger partial charge in [-0.25, -0.2) is 0 Å². The van der Waals surface area contributed by atoms with Crippen LogP contribution in [0.15, 0.2) is 0 Å². The number of rotatable bonds is 3. The predicted molar refractivity (Wildman–Crippen MR) is 64.2 cm³/mol. The van der Waals surface area contributed by atoms with Gasteiger partial charge in [0.05, 0.1) is 6.10 Å². The average molecular weight is 224 g/mol. The first-order chi connectivity index (χ1) is 7.76. The second-order valence-electron chi connectivity index (χ2n) is 5.68. The Balaban J connectivity index is 2.04. The summed E-state index contributed by atoms with van der Waals surface area (Å²) in [5.74, 6) is 2.40. The largest absolute Gasteiger partial charge is 0.381 e. The Bertz CT molecular complexity index is 239. The highest BCUT2D eigenvalue weighted by molar-refractivity contribution is 5.54. The van der Waals surface area contributed by atoms with Crippen LogP contribution in [0.5, 0.6) is 0 Å². The molecule has 2 aliphatic carbocycles. The maximum Gasteiger partial charge on any atom is 0.123 e. The van der Waals surface area contributed by atoms with E-state index in [1.54, 1.807) is 7.11 Å². The molecule has 2 nitrogen and oxygen atoms in total. The minimum atomic E-state index is 0.234. The van der Waals surface area contributed by atoms with Crippen LogP contribution in [0.3, 0.4) is 0 Å². The maximum atomic E-state index is 11.2. The number of carbonyl (C=O) groups excluding carboxylic acids is 1. The average Bonchev–Trinajstić information content (AvgIpc) is 2.36. The van der Waals surface area contributed by atoms with Gasteiger partial charge in [-0.3, -0.25) is 0 Å². The molecule has 16 heavy (non-hydrogen) atoms. The lowest BCUT2D eigenvalue weighted by Gasteiger charge is -2.43. The highest BCUT2D eigenvalue weighted by Crippen LogP contribution is 2.46. The van der Waals surface area contributed by atoms with Gasteiger partial charge in [0.15, 0.2) is 0 Å². The molecule has 5 unspecified atom stereocenters. The van der Waals surface area contributed by atoms with Crippen LogP contribution in [0.4, 0.5) is 0 Å². The van der Waals surface area contributed by atoms with Crippen LogP contribution in [-0.2, 0) is 9.53 Å². The summed E-state index contributed by atoms with van der Waals surface area (Å²) < 4.78 is 5.44. The van der Waals surface area contributed by atoms with E-state index in [-0.39, 0.29) is 12.0 Å². The lowest BCUT2D eigenvalue weighted by molar-refractivity contribution is -0.118. The predicted octanol–water partition coefficient (Wildman–Crippen LogP) is 3.05. The zero-order valence-corrected chi connectivity index (χ0v) is 10.5. The lowest BCUT2D eigenvalue weighted by atomic mass is 9.62. The molecule has 2 fully saturated rings. The third kappa shape index (κ3) is 2.32. The fourth-order valence-corrected chi connectivity index (χ4v) is 3.82. The van der Waals surface area contributed by atoms with E-state index in [0.29, 0.717) is 5.92 Å². The molecule has 0 radical (unpaired) electrons. The Labute approximate surface area is 98.7 Å². The van der Waals surface area contributed by atoms with Crippen LogP contribution in [0.25, 0.3) is 0 Å². The smallest absolute Gasteiger partial charge is 0.123 e. The van der Waals surface area contributed by atoms with Crippen molar-refractivity contribution >= 4 is 6.29 Å². The second kappa shape index (κ2) is 5.31. The van der Waals surface area contributed by atoms with Gasteiger partial charge in [0.1, 0.15) is 6.29 Å². The fraction of sp³-hybridized carbons (Fsp3) is 0.929. The first-order valence-corrected chi connectivity index (χ1v) is 6.74. The van der Waals surface area contributed by atoms with Gasteiger partial charge in [-0.1, -0.05) is 25.7 Å². The van der Waals surface area contributed by atoms with Crippen molar-refractivity contribution in [1.29, 1.82) is 0 Å². The maximum absolute atomic E-state index is 11.2. The Kier molecular flexibility index (Phi) is 4.01. The molecule has 5 atom stereocenters. The van der Waals surface area contributed by atoms with Crippen molar-refractivity contribution in [3.05, 3.63) is 0 Å². The van der Waals surface area contributed by atoms with Gasteiger partial charge >= 0.3 is 0 Å². The van der Waals surface area contributed by atoms with Crippen LogP contribution >= 0.6 is 0 Å². The molecule has 0 bridgehead atoms. The van der Waals surface area contributed by atoms with Crippen molar-refractivity contribution in [3.63, 3.8) is 0 Å². The molecule has 0 N–H and O–H groups in total. The Morgan fingerprint density at radius 3 is 2.38 bits per heavy atom.